The molecule has 6 N–H and O–H groups in total. The van der Waals surface area contributed by atoms with Gasteiger partial charge in [0.2, 0.25) is 0 Å². The second-order valence-electron chi connectivity index (χ2n) is 0.848. The summed E-state index contributed by atoms with van der Waals surface area (Å²) in [5.41, 5.74) is 0. The zero-order valence-electron chi connectivity index (χ0n) is 6.22. The Kier molecular flexibility index (Phi) is 48.9. The van der Waals surface area contributed by atoms with E-state index in [1.807, 2.05) is 0 Å². The molecule has 0 aromatic carbocycles. The van der Waals surface area contributed by atoms with Crippen molar-refractivity contribution in [3.8, 4) is 0 Å². The molecule has 14 heavy (non-hydrogen) atoms. The first-order chi connectivity index (χ1) is 5.20. The molecule has 0 rings (SSSR count). The van der Waals surface area contributed by atoms with Crippen molar-refractivity contribution in [2.45, 2.75) is 0 Å². The molecule has 0 aromatic heterocycles. The summed E-state index contributed by atoms with van der Waals surface area (Å²) in [7, 11) is 0. The summed E-state index contributed by atoms with van der Waals surface area (Å²) in [6.45, 7) is 0. The molecular formula is C3H6O9Sm2. The molecule has 0 atom stereocenters. The summed E-state index contributed by atoms with van der Waals surface area (Å²) >= 11 is 0. The fourth-order valence-corrected chi connectivity index (χ4v) is 0. The minimum absolute atomic E-state index is 0. The van der Waals surface area contributed by atoms with Gasteiger partial charge in [-0.1, -0.05) is 0 Å². The van der Waals surface area contributed by atoms with Crippen molar-refractivity contribution < 1.29 is 126 Å². The Morgan fingerprint density at radius 3 is 0.500 bits per heavy atom. The molecule has 0 radical (unpaired) electrons. The average molecular weight is 487 g/mol. The summed E-state index contributed by atoms with van der Waals surface area (Å²) < 4.78 is 0. The second kappa shape index (κ2) is 23.4. The van der Waals surface area contributed by atoms with Crippen LogP contribution in [0.1, 0.15) is 0 Å². The molecule has 0 saturated heterocycles. The van der Waals surface area contributed by atoms with E-state index in [0.29, 0.717) is 0 Å². The summed E-state index contributed by atoms with van der Waals surface area (Å²) in [6, 6.07) is 0. The van der Waals surface area contributed by atoms with Crippen molar-refractivity contribution >= 4 is 18.5 Å². The number of hydrogen-bond donors (Lipinski definition) is 6. The molecule has 0 aliphatic carbocycles. The van der Waals surface area contributed by atoms with Crippen LogP contribution in [0.5, 0.6) is 0 Å². The average Bonchev–Trinajstić information content (AvgIpc) is 1.54. The Hall–Kier alpha value is 0.485. The van der Waals surface area contributed by atoms with E-state index in [0.717, 1.165) is 0 Å². The first kappa shape index (κ1) is 29.3. The Morgan fingerprint density at radius 1 is 0.500 bits per heavy atom. The van der Waals surface area contributed by atoms with Crippen LogP contribution in [-0.4, -0.2) is 49.1 Å². The normalized spacial score (nSPS) is 5.14. The Morgan fingerprint density at radius 2 is 0.500 bits per heavy atom. The summed E-state index contributed by atoms with van der Waals surface area (Å²) in [4.78, 5) is 25.7. The van der Waals surface area contributed by atoms with Gasteiger partial charge in [0, 0.05) is 80.8 Å². The van der Waals surface area contributed by atoms with Crippen molar-refractivity contribution in [2.24, 2.45) is 0 Å². The number of carbonyl (C=O) groups is 3. The predicted molar refractivity (Wildman–Crippen MR) is 32.0 cm³/mol. The quantitative estimate of drug-likeness (QED) is 0.287. The Bertz CT molecular complexity index is 116. The van der Waals surface area contributed by atoms with Gasteiger partial charge < -0.3 is 30.6 Å². The zero-order chi connectivity index (χ0) is 10.7. The third-order valence-electron chi connectivity index (χ3n) is 0. The van der Waals surface area contributed by atoms with Crippen LogP contribution in [0.15, 0.2) is 0 Å². The van der Waals surface area contributed by atoms with Gasteiger partial charge in [0.1, 0.15) is 0 Å². The van der Waals surface area contributed by atoms with E-state index in [1.54, 1.807) is 0 Å². The van der Waals surface area contributed by atoms with Crippen LogP contribution >= 0.6 is 0 Å². The molecule has 0 unspecified atom stereocenters. The van der Waals surface area contributed by atoms with Crippen molar-refractivity contribution in [3.05, 3.63) is 0 Å². The standard InChI is InChI=1S/3CH2O3.2Sm/c3*2-1(3)4;;/h3*(H2,2,3,4);;. The fraction of sp³-hybridized carbons (Fsp3) is 0. The molecule has 0 aliphatic heterocycles. The third kappa shape index (κ3) is 6990. The van der Waals surface area contributed by atoms with Gasteiger partial charge in [0.25, 0.3) is 0 Å². The van der Waals surface area contributed by atoms with Gasteiger partial charge in [0.15, 0.2) is 0 Å². The molecule has 9 nitrogen and oxygen atoms in total. The molecule has 0 heterocycles. The van der Waals surface area contributed by atoms with E-state index in [4.69, 9.17) is 45.0 Å². The number of hydrogen-bond acceptors (Lipinski definition) is 3. The van der Waals surface area contributed by atoms with Gasteiger partial charge in [-0.05, 0) is 0 Å². The van der Waals surface area contributed by atoms with Crippen LogP contribution < -0.4 is 0 Å². The minimum Gasteiger partial charge on any atom is -0.450 e. The van der Waals surface area contributed by atoms with E-state index in [2.05, 4.69) is 0 Å². The van der Waals surface area contributed by atoms with Crippen molar-refractivity contribution in [2.75, 3.05) is 0 Å². The van der Waals surface area contributed by atoms with E-state index in [9.17, 15) is 0 Å². The number of rotatable bonds is 0. The first-order valence-electron chi connectivity index (χ1n) is 1.95. The number of carboxylic acid groups (broad SMARTS) is 6. The van der Waals surface area contributed by atoms with Gasteiger partial charge in [-0.2, -0.15) is 0 Å². The Labute approximate surface area is 142 Å². The van der Waals surface area contributed by atoms with Gasteiger partial charge in [-0.15, -0.1) is 0 Å². The van der Waals surface area contributed by atoms with Crippen LogP contribution in [0.4, 0.5) is 14.4 Å². The van der Waals surface area contributed by atoms with Gasteiger partial charge >= 0.3 is 18.5 Å². The molecule has 0 fully saturated rings. The van der Waals surface area contributed by atoms with Crippen molar-refractivity contribution in [3.63, 3.8) is 0 Å². The summed E-state index contributed by atoms with van der Waals surface area (Å²) in [5, 5.41) is 41.8. The molecule has 0 bridgehead atoms. The van der Waals surface area contributed by atoms with E-state index in [-0.39, 0.29) is 80.8 Å². The predicted octanol–water partition coefficient (Wildman–Crippen LogP) is 0.667. The van der Waals surface area contributed by atoms with Crippen molar-refractivity contribution in [1.29, 1.82) is 0 Å². The summed E-state index contributed by atoms with van der Waals surface area (Å²) in [6.07, 6.45) is -5.50. The van der Waals surface area contributed by atoms with Gasteiger partial charge in [-0.3, -0.25) is 0 Å². The molecule has 0 aromatic rings. The monoisotopic (exact) mass is 490 g/mol. The van der Waals surface area contributed by atoms with Crippen LogP contribution in [-0.2, 0) is 0 Å². The maximum Gasteiger partial charge on any atom is 0.503 e. The first-order valence-corrected chi connectivity index (χ1v) is 1.95. The zero-order valence-corrected chi connectivity index (χ0v) is 11.5. The van der Waals surface area contributed by atoms with Gasteiger partial charge in [0.05, 0.1) is 0 Å². The Balaban J connectivity index is -0.0000000270. The smallest absolute Gasteiger partial charge is 0.450 e. The third-order valence-corrected chi connectivity index (χ3v) is 0. The van der Waals surface area contributed by atoms with Crippen LogP contribution in [0.2, 0.25) is 0 Å². The minimum atomic E-state index is -1.83. The SMILES string of the molecule is O=C(O)O.O=C(O)O.O=C(O)O.[Sm].[Sm]. The van der Waals surface area contributed by atoms with Crippen LogP contribution in [0, 0.1) is 80.8 Å². The van der Waals surface area contributed by atoms with Gasteiger partial charge in [-0.25, -0.2) is 14.4 Å². The van der Waals surface area contributed by atoms with E-state index >= 15 is 0 Å². The van der Waals surface area contributed by atoms with Crippen LogP contribution in [0.3, 0.4) is 0 Å². The second-order valence-corrected chi connectivity index (χ2v) is 0.848. The molecular weight excluding hydrogens is 481 g/mol. The van der Waals surface area contributed by atoms with E-state index < -0.39 is 18.5 Å². The van der Waals surface area contributed by atoms with Crippen molar-refractivity contribution in [1.82, 2.24) is 0 Å². The molecule has 0 aliphatic rings. The maximum absolute atomic E-state index is 8.56. The van der Waals surface area contributed by atoms with E-state index in [1.165, 1.54) is 0 Å². The fourth-order valence-electron chi connectivity index (χ4n) is 0. The molecule has 11 heteroatoms. The maximum atomic E-state index is 8.56. The largest absolute Gasteiger partial charge is 0.503 e. The molecule has 0 spiro atoms. The molecule has 0 saturated carbocycles. The molecule has 84 valence electrons. The summed E-state index contributed by atoms with van der Waals surface area (Å²) in [5.74, 6) is 0. The molecule has 0 amide bonds. The topological polar surface area (TPSA) is 173 Å². The van der Waals surface area contributed by atoms with Crippen LogP contribution in [0.25, 0.3) is 0 Å².